The fourth-order valence-electron chi connectivity index (χ4n) is 2.21. The second kappa shape index (κ2) is 4.09. The van der Waals surface area contributed by atoms with E-state index in [0.29, 0.717) is 0 Å². The lowest BCUT2D eigenvalue weighted by Gasteiger charge is -2.26. The summed E-state index contributed by atoms with van der Waals surface area (Å²) in [6.07, 6.45) is 5.73. The van der Waals surface area contributed by atoms with Crippen molar-refractivity contribution in [3.05, 3.63) is 53.9 Å². The van der Waals surface area contributed by atoms with Crippen molar-refractivity contribution in [1.29, 1.82) is 0 Å². The number of hydrogen-bond acceptors (Lipinski definition) is 3. The van der Waals surface area contributed by atoms with Gasteiger partial charge in [0, 0.05) is 23.6 Å². The molecule has 1 aliphatic rings. The Kier molecular flexibility index (Phi) is 2.44. The Morgan fingerprint density at radius 3 is 3.06 bits per heavy atom. The van der Waals surface area contributed by atoms with Crippen LogP contribution in [0.25, 0.3) is 0 Å². The summed E-state index contributed by atoms with van der Waals surface area (Å²) >= 11 is 0. The molecule has 86 valence electrons. The molecule has 3 nitrogen and oxygen atoms in total. The number of aromatic nitrogens is 1. The molecule has 0 spiro atoms. The lowest BCUT2D eigenvalue weighted by atomic mass is 9.98. The summed E-state index contributed by atoms with van der Waals surface area (Å²) < 4.78 is 5.98. The molecular formula is C14H14N2O. The minimum Gasteiger partial charge on any atom is -0.485 e. The van der Waals surface area contributed by atoms with E-state index in [2.05, 4.69) is 11.1 Å². The third-order valence-corrected chi connectivity index (χ3v) is 3.09. The Hall–Kier alpha value is -2.03. The topological polar surface area (TPSA) is 48.1 Å². The van der Waals surface area contributed by atoms with Crippen LogP contribution < -0.4 is 10.5 Å². The first kappa shape index (κ1) is 10.1. The maximum absolute atomic E-state index is 5.98. The van der Waals surface area contributed by atoms with Gasteiger partial charge in [-0.05, 0) is 42.7 Å². The van der Waals surface area contributed by atoms with Gasteiger partial charge in [0.1, 0.15) is 11.9 Å². The molecule has 2 aromatic rings. The number of pyridine rings is 1. The van der Waals surface area contributed by atoms with E-state index < -0.39 is 0 Å². The maximum Gasteiger partial charge on any atom is 0.126 e. The molecule has 2 heterocycles. The predicted molar refractivity (Wildman–Crippen MR) is 66.8 cm³/mol. The average Bonchev–Trinajstić information content (AvgIpc) is 2.39. The van der Waals surface area contributed by atoms with Gasteiger partial charge in [-0.2, -0.15) is 0 Å². The Balaban J connectivity index is 1.88. The number of aryl methyl sites for hydroxylation is 1. The highest BCUT2D eigenvalue weighted by molar-refractivity contribution is 5.49. The van der Waals surface area contributed by atoms with Crippen LogP contribution in [0.5, 0.6) is 5.75 Å². The molecule has 3 rings (SSSR count). The molecule has 0 saturated carbocycles. The Morgan fingerprint density at radius 1 is 1.29 bits per heavy atom. The summed E-state index contributed by atoms with van der Waals surface area (Å²) in [5.41, 5.74) is 8.89. The fraction of sp³-hybridized carbons (Fsp3) is 0.214. The first-order valence-electron chi connectivity index (χ1n) is 5.78. The van der Waals surface area contributed by atoms with Crippen molar-refractivity contribution in [2.45, 2.75) is 18.9 Å². The molecule has 17 heavy (non-hydrogen) atoms. The summed E-state index contributed by atoms with van der Waals surface area (Å²) in [5, 5.41) is 0. The van der Waals surface area contributed by atoms with E-state index in [1.54, 1.807) is 6.20 Å². The normalized spacial score (nSPS) is 18.2. The van der Waals surface area contributed by atoms with Crippen LogP contribution in [0.15, 0.2) is 42.7 Å². The molecule has 2 N–H and O–H groups in total. The van der Waals surface area contributed by atoms with Gasteiger partial charge in [-0.3, -0.25) is 4.98 Å². The van der Waals surface area contributed by atoms with Crippen molar-refractivity contribution < 1.29 is 4.74 Å². The lowest BCUT2D eigenvalue weighted by Crippen LogP contribution is -2.15. The summed E-state index contributed by atoms with van der Waals surface area (Å²) in [4.78, 5) is 4.13. The first-order chi connectivity index (χ1) is 8.33. The van der Waals surface area contributed by atoms with Crippen molar-refractivity contribution in [2.75, 3.05) is 5.73 Å². The number of rotatable bonds is 1. The SMILES string of the molecule is Nc1ccc2c(c1)CCC(c1cccnc1)O2. The van der Waals surface area contributed by atoms with Crippen molar-refractivity contribution in [2.24, 2.45) is 0 Å². The van der Waals surface area contributed by atoms with Crippen molar-refractivity contribution in [3.63, 3.8) is 0 Å². The summed E-state index contributed by atoms with van der Waals surface area (Å²) in [7, 11) is 0. The van der Waals surface area contributed by atoms with Gasteiger partial charge < -0.3 is 10.5 Å². The largest absolute Gasteiger partial charge is 0.485 e. The minimum atomic E-state index is 0.111. The molecule has 0 saturated heterocycles. The van der Waals surface area contributed by atoms with Crippen LogP contribution in [0.1, 0.15) is 23.7 Å². The number of nitrogen functional groups attached to an aromatic ring is 1. The molecule has 0 amide bonds. The van der Waals surface area contributed by atoms with Crippen molar-refractivity contribution >= 4 is 5.69 Å². The molecule has 0 aliphatic carbocycles. The highest BCUT2D eigenvalue weighted by Crippen LogP contribution is 2.35. The second-order valence-electron chi connectivity index (χ2n) is 4.30. The smallest absolute Gasteiger partial charge is 0.126 e. The molecule has 1 aromatic carbocycles. The third kappa shape index (κ3) is 1.96. The van der Waals surface area contributed by atoms with Crippen LogP contribution in [0, 0.1) is 0 Å². The number of hydrogen-bond donors (Lipinski definition) is 1. The van der Waals surface area contributed by atoms with Gasteiger partial charge in [0.05, 0.1) is 0 Å². The highest BCUT2D eigenvalue weighted by Gasteiger charge is 2.21. The minimum absolute atomic E-state index is 0.111. The number of benzene rings is 1. The molecule has 3 heteroatoms. The van der Waals surface area contributed by atoms with Gasteiger partial charge in [-0.15, -0.1) is 0 Å². The Labute approximate surface area is 100 Å². The Morgan fingerprint density at radius 2 is 2.24 bits per heavy atom. The zero-order valence-electron chi connectivity index (χ0n) is 9.47. The summed E-state index contributed by atoms with van der Waals surface area (Å²) in [6, 6.07) is 9.82. The van der Waals surface area contributed by atoms with E-state index in [0.717, 1.165) is 29.8 Å². The summed E-state index contributed by atoms with van der Waals surface area (Å²) in [6.45, 7) is 0. The van der Waals surface area contributed by atoms with Crippen LogP contribution in [0.3, 0.4) is 0 Å². The molecule has 1 aliphatic heterocycles. The first-order valence-corrected chi connectivity index (χ1v) is 5.78. The van der Waals surface area contributed by atoms with E-state index in [9.17, 15) is 0 Å². The number of nitrogens with zero attached hydrogens (tertiary/aromatic N) is 1. The van der Waals surface area contributed by atoms with Gasteiger partial charge in [-0.25, -0.2) is 0 Å². The van der Waals surface area contributed by atoms with Gasteiger partial charge in [0.15, 0.2) is 0 Å². The van der Waals surface area contributed by atoms with Gasteiger partial charge in [0.25, 0.3) is 0 Å². The highest BCUT2D eigenvalue weighted by atomic mass is 16.5. The third-order valence-electron chi connectivity index (χ3n) is 3.09. The van der Waals surface area contributed by atoms with Crippen LogP contribution in [-0.4, -0.2) is 4.98 Å². The molecule has 0 fully saturated rings. The maximum atomic E-state index is 5.98. The van der Waals surface area contributed by atoms with Gasteiger partial charge in [-0.1, -0.05) is 6.07 Å². The number of ether oxygens (including phenoxy) is 1. The molecule has 0 radical (unpaired) electrons. The molecule has 1 aromatic heterocycles. The fourth-order valence-corrected chi connectivity index (χ4v) is 2.21. The van der Waals surface area contributed by atoms with Gasteiger partial charge >= 0.3 is 0 Å². The zero-order valence-corrected chi connectivity index (χ0v) is 9.47. The Bertz CT molecular complexity index is 525. The summed E-state index contributed by atoms with van der Waals surface area (Å²) in [5.74, 6) is 0.944. The van der Waals surface area contributed by atoms with Crippen molar-refractivity contribution in [3.8, 4) is 5.75 Å². The number of anilines is 1. The van der Waals surface area contributed by atoms with Crippen LogP contribution in [-0.2, 0) is 6.42 Å². The monoisotopic (exact) mass is 226 g/mol. The van der Waals surface area contributed by atoms with E-state index in [1.165, 1.54) is 5.56 Å². The quantitative estimate of drug-likeness (QED) is 0.760. The average molecular weight is 226 g/mol. The molecule has 0 bridgehead atoms. The van der Waals surface area contributed by atoms with E-state index in [-0.39, 0.29) is 6.10 Å². The van der Waals surface area contributed by atoms with Gasteiger partial charge in [0.2, 0.25) is 0 Å². The van der Waals surface area contributed by atoms with E-state index in [1.807, 2.05) is 30.5 Å². The van der Waals surface area contributed by atoms with Crippen molar-refractivity contribution in [1.82, 2.24) is 4.98 Å². The molecular weight excluding hydrogens is 212 g/mol. The molecule has 1 unspecified atom stereocenters. The number of fused-ring (bicyclic) bond motifs is 1. The second-order valence-corrected chi connectivity index (χ2v) is 4.30. The van der Waals surface area contributed by atoms with E-state index >= 15 is 0 Å². The lowest BCUT2D eigenvalue weighted by molar-refractivity contribution is 0.176. The molecule has 1 atom stereocenters. The van der Waals surface area contributed by atoms with Crippen LogP contribution >= 0.6 is 0 Å². The number of nitrogens with two attached hydrogens (primary N) is 1. The van der Waals surface area contributed by atoms with E-state index in [4.69, 9.17) is 10.5 Å². The zero-order chi connectivity index (χ0) is 11.7. The van der Waals surface area contributed by atoms with Crippen LogP contribution in [0.4, 0.5) is 5.69 Å². The standard InChI is InChI=1S/C14H14N2O/c15-12-4-6-13-10(8-12)3-5-14(17-13)11-2-1-7-16-9-11/h1-2,4,6-9,14H,3,5,15H2. The van der Waals surface area contributed by atoms with Crippen LogP contribution in [0.2, 0.25) is 0 Å². The predicted octanol–water partition coefficient (Wildman–Crippen LogP) is 2.73.